The van der Waals surface area contributed by atoms with Gasteiger partial charge in [0, 0.05) is 36.1 Å². The maximum Gasteiger partial charge on any atom is 0.339 e. The van der Waals surface area contributed by atoms with Crippen LogP contribution in [-0.4, -0.2) is 62.8 Å². The summed E-state index contributed by atoms with van der Waals surface area (Å²) in [7, 11) is 0. The third-order valence-electron chi connectivity index (χ3n) is 7.23. The van der Waals surface area contributed by atoms with Gasteiger partial charge >= 0.3 is 11.9 Å². The SMILES string of the molecule is CCC1(CCC[C@H](OC(=O)c2cc([N+](=O)[O-])cc([N+](=O)[O-])c2)[C@H](C)OC(=O)c2cc([N+](=O)[O-])cc([N+](=O)[O-])c2)OCC(C)(C)CO1. The van der Waals surface area contributed by atoms with Gasteiger partial charge in [-0.25, -0.2) is 9.59 Å². The van der Waals surface area contributed by atoms with Gasteiger partial charge in [0.1, 0.15) is 12.2 Å². The van der Waals surface area contributed by atoms with E-state index in [0.29, 0.717) is 38.2 Å². The van der Waals surface area contributed by atoms with E-state index in [9.17, 15) is 50.0 Å². The molecule has 0 bridgehead atoms. The summed E-state index contributed by atoms with van der Waals surface area (Å²) in [6.07, 6.45) is -1.41. The predicted octanol–water partition coefficient (Wildman–Crippen LogP) is 5.44. The molecule has 1 heterocycles. The van der Waals surface area contributed by atoms with Gasteiger partial charge in [-0.2, -0.15) is 0 Å². The van der Waals surface area contributed by atoms with Crippen molar-refractivity contribution in [1.29, 1.82) is 0 Å². The van der Waals surface area contributed by atoms with Gasteiger partial charge in [-0.3, -0.25) is 40.5 Å². The smallest absolute Gasteiger partial charge is 0.339 e. The average Bonchev–Trinajstić information content (AvgIpc) is 3.00. The molecule has 248 valence electrons. The molecule has 0 aromatic heterocycles. The third-order valence-corrected chi connectivity index (χ3v) is 7.23. The largest absolute Gasteiger partial charge is 0.455 e. The zero-order chi connectivity index (χ0) is 34.4. The molecule has 0 N–H and O–H groups in total. The van der Waals surface area contributed by atoms with Crippen LogP contribution in [0.5, 0.6) is 0 Å². The Morgan fingerprint density at radius 2 is 1.15 bits per heavy atom. The highest BCUT2D eigenvalue weighted by Crippen LogP contribution is 2.35. The van der Waals surface area contributed by atoms with Crippen LogP contribution in [0.1, 0.15) is 74.1 Å². The molecule has 0 radical (unpaired) electrons. The highest BCUT2D eigenvalue weighted by Gasteiger charge is 2.39. The topological polar surface area (TPSA) is 244 Å². The quantitative estimate of drug-likeness (QED) is 0.141. The lowest BCUT2D eigenvalue weighted by Gasteiger charge is -2.43. The number of hydrogen-bond acceptors (Lipinski definition) is 14. The summed E-state index contributed by atoms with van der Waals surface area (Å²) in [5.74, 6) is -3.33. The molecular formula is C28H32N4O14. The van der Waals surface area contributed by atoms with Crippen LogP contribution in [0, 0.1) is 45.9 Å². The van der Waals surface area contributed by atoms with Crippen molar-refractivity contribution < 1.29 is 48.2 Å². The van der Waals surface area contributed by atoms with Crippen molar-refractivity contribution in [2.45, 2.75) is 71.4 Å². The Kier molecular flexibility index (Phi) is 11.0. The highest BCUT2D eigenvalue weighted by atomic mass is 16.7. The van der Waals surface area contributed by atoms with E-state index in [1.807, 2.05) is 20.8 Å². The summed E-state index contributed by atoms with van der Waals surface area (Å²) in [6.45, 7) is 8.01. The number of nitrogens with zero attached hydrogens (tertiary/aromatic N) is 4. The lowest BCUT2D eigenvalue weighted by atomic mass is 9.93. The molecule has 2 aromatic rings. The highest BCUT2D eigenvalue weighted by molar-refractivity contribution is 5.92. The Bertz CT molecular complexity index is 1470. The van der Waals surface area contributed by atoms with Gasteiger partial charge in [0.2, 0.25) is 0 Å². The van der Waals surface area contributed by atoms with Crippen LogP contribution in [0.2, 0.25) is 0 Å². The first-order valence-corrected chi connectivity index (χ1v) is 14.0. The Balaban J connectivity index is 1.88. The minimum Gasteiger partial charge on any atom is -0.455 e. The molecule has 18 heteroatoms. The minimum absolute atomic E-state index is 0.0180. The molecule has 0 unspecified atom stereocenters. The Hall–Kier alpha value is -5.10. The van der Waals surface area contributed by atoms with Gasteiger partial charge in [0.15, 0.2) is 5.79 Å². The van der Waals surface area contributed by atoms with Crippen molar-refractivity contribution in [1.82, 2.24) is 0 Å². The molecule has 2 atom stereocenters. The standard InChI is InChI=1S/C28H32N4O14/c1-5-28(43-15-27(3,4)16-44-28)8-6-7-24(46-26(34)19-11-22(31(39)40)14-23(12-19)32(41)42)17(2)45-25(33)18-9-20(29(35)36)13-21(10-18)30(37)38/h9-14,17,24H,5-8,15-16H2,1-4H3/t17-,24-/m0/s1. The molecular weight excluding hydrogens is 616 g/mol. The van der Waals surface area contributed by atoms with Crippen molar-refractivity contribution in [3.8, 4) is 0 Å². The van der Waals surface area contributed by atoms with Crippen molar-refractivity contribution in [2.24, 2.45) is 5.41 Å². The molecule has 0 spiro atoms. The Morgan fingerprint density at radius 1 is 0.761 bits per heavy atom. The van der Waals surface area contributed by atoms with E-state index in [1.165, 1.54) is 6.92 Å². The number of nitro benzene ring substituents is 4. The molecule has 1 fully saturated rings. The number of benzene rings is 2. The fraction of sp³-hybridized carbons (Fsp3) is 0.500. The first-order chi connectivity index (χ1) is 21.5. The molecule has 0 aliphatic carbocycles. The van der Waals surface area contributed by atoms with Crippen molar-refractivity contribution in [3.63, 3.8) is 0 Å². The van der Waals surface area contributed by atoms with Crippen LogP contribution in [-0.2, 0) is 18.9 Å². The number of non-ortho nitro benzene ring substituents is 4. The van der Waals surface area contributed by atoms with Crippen molar-refractivity contribution in [3.05, 3.63) is 88.0 Å². The van der Waals surface area contributed by atoms with Crippen LogP contribution in [0.4, 0.5) is 22.7 Å². The zero-order valence-electron chi connectivity index (χ0n) is 25.4. The summed E-state index contributed by atoms with van der Waals surface area (Å²) < 4.78 is 23.0. The maximum atomic E-state index is 13.2. The van der Waals surface area contributed by atoms with E-state index in [0.717, 1.165) is 24.3 Å². The van der Waals surface area contributed by atoms with E-state index < -0.39 is 83.5 Å². The number of carbonyl (C=O) groups is 2. The van der Waals surface area contributed by atoms with Crippen LogP contribution in [0.3, 0.4) is 0 Å². The van der Waals surface area contributed by atoms with Crippen molar-refractivity contribution in [2.75, 3.05) is 13.2 Å². The number of carbonyl (C=O) groups excluding carboxylic acids is 2. The van der Waals surface area contributed by atoms with Gasteiger partial charge in [0.05, 0.1) is 56.2 Å². The minimum atomic E-state index is -1.27. The molecule has 46 heavy (non-hydrogen) atoms. The van der Waals surface area contributed by atoms with E-state index in [-0.39, 0.29) is 18.3 Å². The van der Waals surface area contributed by atoms with Gasteiger partial charge in [-0.05, 0) is 26.2 Å². The van der Waals surface area contributed by atoms with E-state index >= 15 is 0 Å². The summed E-state index contributed by atoms with van der Waals surface area (Å²) in [6, 6.07) is 4.51. The fourth-order valence-electron chi connectivity index (χ4n) is 4.59. The lowest BCUT2D eigenvalue weighted by Crippen LogP contribution is -2.47. The molecule has 18 nitrogen and oxygen atoms in total. The molecule has 1 saturated heterocycles. The molecule has 2 aromatic carbocycles. The molecule has 0 amide bonds. The number of nitro groups is 4. The van der Waals surface area contributed by atoms with E-state index in [1.54, 1.807) is 0 Å². The number of ether oxygens (including phenoxy) is 4. The number of rotatable bonds is 14. The Morgan fingerprint density at radius 3 is 1.52 bits per heavy atom. The van der Waals surface area contributed by atoms with E-state index in [4.69, 9.17) is 18.9 Å². The molecule has 1 aliphatic heterocycles. The zero-order valence-corrected chi connectivity index (χ0v) is 25.4. The van der Waals surface area contributed by atoms with Crippen LogP contribution in [0.25, 0.3) is 0 Å². The summed E-state index contributed by atoms with van der Waals surface area (Å²) >= 11 is 0. The van der Waals surface area contributed by atoms with Crippen LogP contribution >= 0.6 is 0 Å². The molecule has 1 aliphatic rings. The van der Waals surface area contributed by atoms with E-state index in [2.05, 4.69) is 0 Å². The second-order valence-corrected chi connectivity index (χ2v) is 11.5. The predicted molar refractivity (Wildman–Crippen MR) is 156 cm³/mol. The first kappa shape index (κ1) is 35.4. The molecule has 0 saturated carbocycles. The van der Waals surface area contributed by atoms with Gasteiger partial charge in [-0.1, -0.05) is 20.8 Å². The van der Waals surface area contributed by atoms with Gasteiger partial charge in [-0.15, -0.1) is 0 Å². The normalized spacial score (nSPS) is 16.4. The third kappa shape index (κ3) is 8.98. The second kappa shape index (κ2) is 14.3. The first-order valence-electron chi connectivity index (χ1n) is 14.0. The van der Waals surface area contributed by atoms with Crippen molar-refractivity contribution >= 4 is 34.7 Å². The van der Waals surface area contributed by atoms with Gasteiger partial charge in [0.25, 0.3) is 22.7 Å². The molecule has 3 rings (SSSR count). The second-order valence-electron chi connectivity index (χ2n) is 11.5. The van der Waals surface area contributed by atoms with Crippen LogP contribution in [0.15, 0.2) is 36.4 Å². The monoisotopic (exact) mass is 648 g/mol. The maximum absolute atomic E-state index is 13.2. The summed E-state index contributed by atoms with van der Waals surface area (Å²) in [4.78, 5) is 67.7. The summed E-state index contributed by atoms with van der Waals surface area (Å²) in [5, 5.41) is 45.2. The van der Waals surface area contributed by atoms with Crippen LogP contribution < -0.4 is 0 Å². The Labute approximate surface area is 261 Å². The summed E-state index contributed by atoms with van der Waals surface area (Å²) in [5.41, 5.74) is -4.16. The lowest BCUT2D eigenvalue weighted by molar-refractivity contribution is -0.394. The fourth-order valence-corrected chi connectivity index (χ4v) is 4.59. The van der Waals surface area contributed by atoms with Gasteiger partial charge < -0.3 is 18.9 Å². The number of hydrogen-bond donors (Lipinski definition) is 0. The average molecular weight is 649 g/mol. The number of esters is 2.